The Balaban J connectivity index is 3.08. The van der Waals surface area contributed by atoms with Gasteiger partial charge < -0.3 is 0 Å². The summed E-state index contributed by atoms with van der Waals surface area (Å²) in [5.41, 5.74) is 2.44. The average molecular weight is 278 g/mol. The van der Waals surface area contributed by atoms with Crippen molar-refractivity contribution in [3.63, 3.8) is 0 Å². The molecule has 0 fully saturated rings. The minimum Gasteiger partial charge on any atom is -0.266 e. The van der Waals surface area contributed by atoms with Crippen LogP contribution < -0.4 is 0 Å². The van der Waals surface area contributed by atoms with Gasteiger partial charge in [0.1, 0.15) is 0 Å². The molecule has 68 valence electrons. The largest absolute Gasteiger partial charge is 0.266 e. The lowest BCUT2D eigenvalue weighted by Crippen LogP contribution is -2.07. The first-order valence-corrected chi connectivity index (χ1v) is 5.37. The first-order chi connectivity index (χ1) is 5.57. The van der Waals surface area contributed by atoms with Crippen LogP contribution in [0.5, 0.6) is 0 Å². The van der Waals surface area contributed by atoms with Crippen LogP contribution in [-0.2, 0) is 0 Å². The molecule has 1 aromatic rings. The van der Waals surface area contributed by atoms with E-state index in [9.17, 15) is 0 Å². The molecule has 2 nitrogen and oxygen atoms in total. The fourth-order valence-corrected chi connectivity index (χ4v) is 1.60. The van der Waals surface area contributed by atoms with E-state index < -0.39 is 0 Å². The predicted molar refractivity (Wildman–Crippen MR) is 59.4 cm³/mol. The van der Waals surface area contributed by atoms with E-state index in [4.69, 9.17) is 0 Å². The van der Waals surface area contributed by atoms with E-state index in [1.165, 1.54) is 9.26 Å². The van der Waals surface area contributed by atoms with Gasteiger partial charge in [-0.1, -0.05) is 6.92 Å². The standard InChI is InChI=1S/C9H15IN2/c1-5-6(2)12-8(4)9(10)7(3)11-12/h6H,5H2,1-4H3. The monoisotopic (exact) mass is 278 g/mol. The number of rotatable bonds is 2. The molecule has 0 N–H and O–H groups in total. The van der Waals surface area contributed by atoms with Gasteiger partial charge in [-0.25, -0.2) is 0 Å². The zero-order valence-electron chi connectivity index (χ0n) is 8.06. The number of hydrogen-bond donors (Lipinski definition) is 0. The van der Waals surface area contributed by atoms with Crippen LogP contribution in [0.1, 0.15) is 37.7 Å². The molecule has 0 saturated carbocycles. The Morgan fingerprint density at radius 2 is 2.08 bits per heavy atom. The third-order valence-corrected chi connectivity index (χ3v) is 3.81. The summed E-state index contributed by atoms with van der Waals surface area (Å²) in [5, 5.41) is 4.49. The maximum Gasteiger partial charge on any atom is 0.0730 e. The Morgan fingerprint density at radius 1 is 1.50 bits per heavy atom. The predicted octanol–water partition coefficient (Wildman–Crippen LogP) is 3.08. The number of aryl methyl sites for hydroxylation is 1. The molecule has 0 amide bonds. The molecule has 0 aliphatic heterocycles. The molecule has 12 heavy (non-hydrogen) atoms. The molecular weight excluding hydrogens is 263 g/mol. The smallest absolute Gasteiger partial charge is 0.0730 e. The first-order valence-electron chi connectivity index (χ1n) is 4.29. The highest BCUT2D eigenvalue weighted by Gasteiger charge is 2.11. The van der Waals surface area contributed by atoms with E-state index in [-0.39, 0.29) is 0 Å². The highest BCUT2D eigenvalue weighted by molar-refractivity contribution is 14.1. The zero-order chi connectivity index (χ0) is 9.30. The molecule has 0 spiro atoms. The fraction of sp³-hybridized carbons (Fsp3) is 0.667. The molecule has 0 bridgehead atoms. The highest BCUT2D eigenvalue weighted by atomic mass is 127. The summed E-state index contributed by atoms with van der Waals surface area (Å²) in [6, 6.07) is 0.521. The van der Waals surface area contributed by atoms with Gasteiger partial charge in [0.15, 0.2) is 0 Å². The minimum atomic E-state index is 0.521. The van der Waals surface area contributed by atoms with Crippen LogP contribution in [0, 0.1) is 17.4 Å². The van der Waals surface area contributed by atoms with Gasteiger partial charge in [-0.05, 0) is 49.8 Å². The van der Waals surface area contributed by atoms with Crippen LogP contribution in [0.3, 0.4) is 0 Å². The maximum atomic E-state index is 4.49. The van der Waals surface area contributed by atoms with Crippen LogP contribution in [0.2, 0.25) is 0 Å². The van der Waals surface area contributed by atoms with Crippen molar-refractivity contribution in [2.24, 2.45) is 0 Å². The Kier molecular flexibility index (Phi) is 3.15. The van der Waals surface area contributed by atoms with E-state index in [0.29, 0.717) is 6.04 Å². The van der Waals surface area contributed by atoms with Crippen LogP contribution in [0.4, 0.5) is 0 Å². The lowest BCUT2D eigenvalue weighted by atomic mass is 10.2. The van der Waals surface area contributed by atoms with Crippen molar-refractivity contribution >= 4 is 22.6 Å². The van der Waals surface area contributed by atoms with Gasteiger partial charge in [-0.2, -0.15) is 5.10 Å². The Labute approximate surface area is 87.5 Å². The summed E-state index contributed by atoms with van der Waals surface area (Å²) in [7, 11) is 0. The van der Waals surface area contributed by atoms with Gasteiger partial charge in [0.05, 0.1) is 9.26 Å². The minimum absolute atomic E-state index is 0.521. The van der Waals surface area contributed by atoms with Crippen LogP contribution in [0.25, 0.3) is 0 Å². The van der Waals surface area contributed by atoms with E-state index in [1.807, 2.05) is 0 Å². The van der Waals surface area contributed by atoms with Crippen molar-refractivity contribution in [2.75, 3.05) is 0 Å². The van der Waals surface area contributed by atoms with Crippen molar-refractivity contribution in [3.8, 4) is 0 Å². The highest BCUT2D eigenvalue weighted by Crippen LogP contribution is 2.20. The molecule has 0 aliphatic carbocycles. The molecular formula is C9H15IN2. The normalized spacial score (nSPS) is 13.4. The summed E-state index contributed by atoms with van der Waals surface area (Å²) in [5.74, 6) is 0. The topological polar surface area (TPSA) is 17.8 Å². The molecule has 1 heterocycles. The summed E-state index contributed by atoms with van der Waals surface area (Å²) >= 11 is 2.36. The van der Waals surface area contributed by atoms with Gasteiger partial charge in [-0.3, -0.25) is 4.68 Å². The third kappa shape index (κ3) is 1.65. The molecule has 1 aromatic heterocycles. The summed E-state index contributed by atoms with van der Waals surface area (Å²) in [4.78, 5) is 0. The molecule has 0 saturated heterocycles. The first kappa shape index (κ1) is 10.0. The van der Waals surface area contributed by atoms with E-state index in [1.54, 1.807) is 0 Å². The van der Waals surface area contributed by atoms with Crippen molar-refractivity contribution in [3.05, 3.63) is 15.0 Å². The fourth-order valence-electron chi connectivity index (χ4n) is 1.24. The molecule has 0 aromatic carbocycles. The lowest BCUT2D eigenvalue weighted by molar-refractivity contribution is 0.465. The Bertz CT molecular complexity index is 278. The summed E-state index contributed by atoms with van der Waals surface area (Å²) in [6.07, 6.45) is 1.14. The van der Waals surface area contributed by atoms with Gasteiger partial charge in [0.2, 0.25) is 0 Å². The Hall–Kier alpha value is -0.0600. The molecule has 3 heteroatoms. The second-order valence-corrected chi connectivity index (χ2v) is 4.27. The number of aromatic nitrogens is 2. The van der Waals surface area contributed by atoms with Crippen LogP contribution in [-0.4, -0.2) is 9.78 Å². The van der Waals surface area contributed by atoms with Gasteiger partial charge in [0.25, 0.3) is 0 Å². The van der Waals surface area contributed by atoms with E-state index >= 15 is 0 Å². The summed E-state index contributed by atoms with van der Waals surface area (Å²) in [6.45, 7) is 8.59. The van der Waals surface area contributed by atoms with Crippen molar-refractivity contribution in [2.45, 2.75) is 40.2 Å². The zero-order valence-corrected chi connectivity index (χ0v) is 10.2. The van der Waals surface area contributed by atoms with Crippen molar-refractivity contribution in [1.82, 2.24) is 9.78 Å². The second kappa shape index (κ2) is 3.77. The third-order valence-electron chi connectivity index (χ3n) is 2.25. The summed E-state index contributed by atoms with van der Waals surface area (Å²) < 4.78 is 3.42. The molecule has 1 rings (SSSR count). The number of hydrogen-bond acceptors (Lipinski definition) is 1. The van der Waals surface area contributed by atoms with Gasteiger partial charge in [-0.15, -0.1) is 0 Å². The quantitative estimate of drug-likeness (QED) is 0.760. The number of halogens is 1. The van der Waals surface area contributed by atoms with E-state index in [2.05, 4.69) is 60.1 Å². The van der Waals surface area contributed by atoms with Gasteiger partial charge >= 0.3 is 0 Å². The molecule has 0 radical (unpaired) electrons. The van der Waals surface area contributed by atoms with E-state index in [0.717, 1.165) is 12.1 Å². The average Bonchev–Trinajstić information content (AvgIpc) is 2.32. The Morgan fingerprint density at radius 3 is 2.42 bits per heavy atom. The van der Waals surface area contributed by atoms with Gasteiger partial charge in [0, 0.05) is 11.7 Å². The maximum absolute atomic E-state index is 4.49. The number of nitrogens with zero attached hydrogens (tertiary/aromatic N) is 2. The SMILES string of the molecule is CCC(C)n1nc(C)c(I)c1C. The van der Waals surface area contributed by atoms with Crippen molar-refractivity contribution in [1.29, 1.82) is 0 Å². The molecule has 1 atom stereocenters. The second-order valence-electron chi connectivity index (χ2n) is 3.19. The molecule has 0 aliphatic rings. The van der Waals surface area contributed by atoms with Crippen molar-refractivity contribution < 1.29 is 0 Å². The molecule has 1 unspecified atom stereocenters. The van der Waals surface area contributed by atoms with Crippen LogP contribution >= 0.6 is 22.6 Å². The van der Waals surface area contributed by atoms with Crippen LogP contribution in [0.15, 0.2) is 0 Å². The lowest BCUT2D eigenvalue weighted by Gasteiger charge is -2.10.